The van der Waals surface area contributed by atoms with E-state index in [1.807, 2.05) is 4.72 Å². The van der Waals surface area contributed by atoms with Crippen molar-refractivity contribution in [2.24, 2.45) is 0 Å². The standard InChI is InChI=1S/C19H20FNO9S/c1-27-6-7-30-16-10-14(12(18(22)23)9-15(16)28-2)21-31(25,26)17-8-11(19(24)29-3)4-5-13(17)20/h4-5,8-10,21H,6-7H2,1-3H3,(H,22,23). The van der Waals surface area contributed by atoms with Gasteiger partial charge in [0.05, 0.1) is 37.6 Å². The number of hydrogen-bond acceptors (Lipinski definition) is 8. The number of carboxylic acids is 1. The number of ether oxygens (including phenoxy) is 4. The van der Waals surface area contributed by atoms with Gasteiger partial charge in [-0.2, -0.15) is 0 Å². The Bertz CT molecular complexity index is 1090. The topological polar surface area (TPSA) is 137 Å². The fourth-order valence-electron chi connectivity index (χ4n) is 2.48. The number of anilines is 1. The van der Waals surface area contributed by atoms with Crippen LogP contribution in [0, 0.1) is 5.82 Å². The molecule has 0 saturated heterocycles. The number of carboxylic acid groups (broad SMARTS) is 1. The monoisotopic (exact) mass is 457 g/mol. The summed E-state index contributed by atoms with van der Waals surface area (Å²) in [5.74, 6) is -3.42. The number of carbonyl (C=O) groups is 2. The molecule has 2 rings (SSSR count). The fraction of sp³-hybridized carbons (Fsp3) is 0.263. The molecule has 0 fully saturated rings. The summed E-state index contributed by atoms with van der Waals surface area (Å²) in [4.78, 5) is 22.4. The summed E-state index contributed by atoms with van der Waals surface area (Å²) in [7, 11) is -0.831. The molecule has 0 unspecified atom stereocenters. The lowest BCUT2D eigenvalue weighted by molar-refractivity contribution is 0.0599. The summed E-state index contributed by atoms with van der Waals surface area (Å²) < 4.78 is 61.8. The number of esters is 1. The molecular weight excluding hydrogens is 437 g/mol. The smallest absolute Gasteiger partial charge is 0.337 e. The van der Waals surface area contributed by atoms with Crippen LogP contribution >= 0.6 is 0 Å². The normalized spacial score (nSPS) is 11.0. The minimum Gasteiger partial charge on any atom is -0.493 e. The van der Waals surface area contributed by atoms with Crippen LogP contribution < -0.4 is 14.2 Å². The van der Waals surface area contributed by atoms with E-state index in [1.54, 1.807) is 0 Å². The molecule has 0 aliphatic carbocycles. The van der Waals surface area contributed by atoms with Crippen LogP contribution in [0.1, 0.15) is 20.7 Å². The number of halogens is 1. The van der Waals surface area contributed by atoms with Gasteiger partial charge in [0.1, 0.15) is 17.3 Å². The van der Waals surface area contributed by atoms with Crippen molar-refractivity contribution >= 4 is 27.6 Å². The molecule has 168 valence electrons. The maximum atomic E-state index is 14.3. The zero-order valence-corrected chi connectivity index (χ0v) is 17.6. The number of benzene rings is 2. The van der Waals surface area contributed by atoms with Crippen LogP contribution in [-0.4, -0.2) is 60.0 Å². The first-order valence-electron chi connectivity index (χ1n) is 8.62. The zero-order chi connectivity index (χ0) is 23.2. The van der Waals surface area contributed by atoms with Crippen LogP contribution in [-0.2, 0) is 19.5 Å². The molecule has 0 atom stereocenters. The third-order valence-electron chi connectivity index (χ3n) is 3.97. The summed E-state index contributed by atoms with van der Waals surface area (Å²) in [6.07, 6.45) is 0. The molecule has 2 aromatic rings. The molecule has 2 N–H and O–H groups in total. The lowest BCUT2D eigenvalue weighted by atomic mass is 10.1. The van der Waals surface area contributed by atoms with E-state index in [2.05, 4.69) is 4.74 Å². The number of carbonyl (C=O) groups excluding carboxylic acids is 1. The molecule has 0 heterocycles. The van der Waals surface area contributed by atoms with Gasteiger partial charge >= 0.3 is 11.9 Å². The van der Waals surface area contributed by atoms with Gasteiger partial charge in [0, 0.05) is 19.2 Å². The molecular formula is C19H20FNO9S. The summed E-state index contributed by atoms with van der Waals surface area (Å²) in [6.45, 7) is 0.275. The highest BCUT2D eigenvalue weighted by atomic mass is 32.2. The lowest BCUT2D eigenvalue weighted by Gasteiger charge is -2.16. The van der Waals surface area contributed by atoms with Crippen LogP contribution in [0.5, 0.6) is 11.5 Å². The molecule has 0 aliphatic heterocycles. The average Bonchev–Trinajstić information content (AvgIpc) is 2.73. The van der Waals surface area contributed by atoms with E-state index in [9.17, 15) is 27.5 Å². The Morgan fingerprint density at radius 1 is 1.06 bits per heavy atom. The SMILES string of the molecule is COCCOc1cc(NS(=O)(=O)c2cc(C(=O)OC)ccc2F)c(C(=O)O)cc1OC. The van der Waals surface area contributed by atoms with Crippen LogP contribution in [0.25, 0.3) is 0 Å². The minimum absolute atomic E-state index is 0.0334. The number of aromatic carboxylic acids is 1. The molecule has 0 saturated carbocycles. The van der Waals surface area contributed by atoms with Crippen molar-refractivity contribution < 1.29 is 46.5 Å². The predicted molar refractivity (Wildman–Crippen MR) is 106 cm³/mol. The molecule has 0 aromatic heterocycles. The molecule has 0 radical (unpaired) electrons. The van der Waals surface area contributed by atoms with Crippen molar-refractivity contribution in [3.8, 4) is 11.5 Å². The number of hydrogen-bond donors (Lipinski definition) is 2. The molecule has 0 bridgehead atoms. The van der Waals surface area contributed by atoms with E-state index in [0.717, 1.165) is 37.4 Å². The first-order chi connectivity index (χ1) is 14.6. The maximum Gasteiger partial charge on any atom is 0.337 e. The summed E-state index contributed by atoms with van der Waals surface area (Å²) >= 11 is 0. The van der Waals surface area contributed by atoms with E-state index in [0.29, 0.717) is 0 Å². The van der Waals surface area contributed by atoms with Gasteiger partial charge < -0.3 is 24.1 Å². The van der Waals surface area contributed by atoms with E-state index in [4.69, 9.17) is 14.2 Å². The van der Waals surface area contributed by atoms with Crippen molar-refractivity contribution in [3.63, 3.8) is 0 Å². The van der Waals surface area contributed by atoms with Crippen molar-refractivity contribution in [1.29, 1.82) is 0 Å². The molecule has 2 aromatic carbocycles. The van der Waals surface area contributed by atoms with Gasteiger partial charge in [-0.15, -0.1) is 0 Å². The highest BCUT2D eigenvalue weighted by molar-refractivity contribution is 7.92. The van der Waals surface area contributed by atoms with Crippen LogP contribution in [0.2, 0.25) is 0 Å². The second-order valence-corrected chi connectivity index (χ2v) is 7.59. The molecule has 0 amide bonds. The minimum atomic E-state index is -4.64. The third kappa shape index (κ3) is 5.61. The summed E-state index contributed by atoms with van der Waals surface area (Å²) in [5, 5.41) is 9.47. The Morgan fingerprint density at radius 3 is 2.35 bits per heavy atom. The van der Waals surface area contributed by atoms with Crippen molar-refractivity contribution in [3.05, 3.63) is 47.3 Å². The number of methoxy groups -OCH3 is 3. The quantitative estimate of drug-likeness (QED) is 0.406. The molecule has 0 spiro atoms. The van der Waals surface area contributed by atoms with Gasteiger partial charge in [0.15, 0.2) is 11.5 Å². The number of nitrogens with one attached hydrogen (secondary N) is 1. The predicted octanol–water partition coefficient (Wildman–Crippen LogP) is 2.15. The van der Waals surface area contributed by atoms with Gasteiger partial charge in [0.25, 0.3) is 10.0 Å². The zero-order valence-electron chi connectivity index (χ0n) is 16.8. The van der Waals surface area contributed by atoms with Crippen molar-refractivity contribution in [1.82, 2.24) is 0 Å². The molecule has 10 nitrogen and oxygen atoms in total. The molecule has 0 aliphatic rings. The maximum absolute atomic E-state index is 14.3. The first kappa shape index (κ1) is 23.9. The average molecular weight is 457 g/mol. The number of rotatable bonds is 10. The Hall–Kier alpha value is -3.38. The van der Waals surface area contributed by atoms with E-state index >= 15 is 0 Å². The second kappa shape index (κ2) is 10.1. The number of sulfonamides is 1. The largest absolute Gasteiger partial charge is 0.493 e. The van der Waals surface area contributed by atoms with E-state index in [-0.39, 0.29) is 30.3 Å². The van der Waals surface area contributed by atoms with Gasteiger partial charge in [0.2, 0.25) is 0 Å². The lowest BCUT2D eigenvalue weighted by Crippen LogP contribution is -2.18. The first-order valence-corrected chi connectivity index (χ1v) is 10.1. The van der Waals surface area contributed by atoms with E-state index < -0.39 is 43.9 Å². The Balaban J connectivity index is 2.53. The van der Waals surface area contributed by atoms with Gasteiger partial charge in [-0.1, -0.05) is 0 Å². The molecule has 12 heteroatoms. The van der Waals surface area contributed by atoms with Crippen LogP contribution in [0.3, 0.4) is 0 Å². The van der Waals surface area contributed by atoms with Crippen molar-refractivity contribution in [2.75, 3.05) is 39.3 Å². The van der Waals surface area contributed by atoms with Gasteiger partial charge in [-0.25, -0.2) is 22.4 Å². The van der Waals surface area contributed by atoms with E-state index in [1.165, 1.54) is 14.2 Å². The summed E-state index contributed by atoms with van der Waals surface area (Å²) in [6, 6.07) is 4.77. The van der Waals surface area contributed by atoms with Crippen molar-refractivity contribution in [2.45, 2.75) is 4.90 Å². The highest BCUT2D eigenvalue weighted by Gasteiger charge is 2.25. The highest BCUT2D eigenvalue weighted by Crippen LogP contribution is 2.35. The van der Waals surface area contributed by atoms with Gasteiger partial charge in [-0.3, -0.25) is 4.72 Å². The Kier molecular flexibility index (Phi) is 7.78. The molecule has 31 heavy (non-hydrogen) atoms. The van der Waals surface area contributed by atoms with Crippen LogP contribution in [0.15, 0.2) is 35.2 Å². The second-order valence-electron chi connectivity index (χ2n) is 5.94. The third-order valence-corrected chi connectivity index (χ3v) is 5.35. The Morgan fingerprint density at radius 2 is 1.77 bits per heavy atom. The van der Waals surface area contributed by atoms with Crippen LogP contribution in [0.4, 0.5) is 10.1 Å². The Labute approximate surface area is 177 Å². The summed E-state index contributed by atoms with van der Waals surface area (Å²) in [5.41, 5.74) is -1.08. The fourth-order valence-corrected chi connectivity index (χ4v) is 3.66. The van der Waals surface area contributed by atoms with Gasteiger partial charge in [-0.05, 0) is 18.2 Å².